The number of nitrogens with zero attached hydrogens (tertiary/aromatic N) is 1. The van der Waals surface area contributed by atoms with E-state index in [0.29, 0.717) is 5.56 Å². The van der Waals surface area contributed by atoms with E-state index in [0.717, 1.165) is 19.6 Å². The lowest BCUT2D eigenvalue weighted by molar-refractivity contribution is 0.323. The number of halogens is 1. The monoisotopic (exact) mass is 286 g/mol. The molecule has 0 aromatic heterocycles. The molecule has 110 valence electrons. The highest BCUT2D eigenvalue weighted by molar-refractivity contribution is 5.37. The number of aromatic hydroxyl groups is 1. The number of benzene rings is 2. The van der Waals surface area contributed by atoms with Gasteiger partial charge in [-0.2, -0.15) is 0 Å². The predicted molar refractivity (Wildman–Crippen MR) is 80.5 cm³/mol. The topological polar surface area (TPSA) is 49.5 Å². The van der Waals surface area contributed by atoms with Crippen molar-refractivity contribution < 1.29 is 9.50 Å². The van der Waals surface area contributed by atoms with Crippen molar-refractivity contribution in [2.24, 2.45) is 5.73 Å². The van der Waals surface area contributed by atoms with Gasteiger partial charge in [0.15, 0.2) is 0 Å². The quantitative estimate of drug-likeness (QED) is 0.911. The minimum Gasteiger partial charge on any atom is -0.508 e. The van der Waals surface area contributed by atoms with Crippen LogP contribution in [0.5, 0.6) is 5.75 Å². The van der Waals surface area contributed by atoms with Gasteiger partial charge in [-0.25, -0.2) is 4.39 Å². The summed E-state index contributed by atoms with van der Waals surface area (Å²) >= 11 is 0. The van der Waals surface area contributed by atoms with Gasteiger partial charge < -0.3 is 10.8 Å². The van der Waals surface area contributed by atoms with E-state index in [1.54, 1.807) is 0 Å². The molecule has 0 amide bonds. The Bertz CT molecular complexity index is 617. The average Bonchev–Trinajstić information content (AvgIpc) is 2.83. The van der Waals surface area contributed by atoms with Gasteiger partial charge in [-0.1, -0.05) is 30.3 Å². The van der Waals surface area contributed by atoms with Crippen molar-refractivity contribution >= 4 is 0 Å². The standard InChI is InChI=1S/C17H19FN2O/c18-13-6-7-17(21)14(8-13)15-10-20(11-16(15)19)9-12-4-2-1-3-5-12/h1-8,15-16,21H,9-11,19H2. The molecule has 0 saturated carbocycles. The zero-order valence-electron chi connectivity index (χ0n) is 11.7. The van der Waals surface area contributed by atoms with Crippen LogP contribution in [-0.4, -0.2) is 29.1 Å². The second kappa shape index (κ2) is 5.84. The lowest BCUT2D eigenvalue weighted by Gasteiger charge is -2.17. The molecule has 1 heterocycles. The summed E-state index contributed by atoms with van der Waals surface area (Å²) in [7, 11) is 0. The highest BCUT2D eigenvalue weighted by atomic mass is 19.1. The first-order valence-electron chi connectivity index (χ1n) is 7.14. The van der Waals surface area contributed by atoms with E-state index in [-0.39, 0.29) is 23.5 Å². The molecule has 21 heavy (non-hydrogen) atoms. The van der Waals surface area contributed by atoms with E-state index in [9.17, 15) is 9.50 Å². The Kier molecular flexibility index (Phi) is 3.90. The van der Waals surface area contributed by atoms with Crippen molar-refractivity contribution in [3.05, 3.63) is 65.5 Å². The number of likely N-dealkylation sites (tertiary alicyclic amines) is 1. The van der Waals surface area contributed by atoms with Crippen LogP contribution in [0.3, 0.4) is 0 Å². The molecule has 2 aromatic rings. The maximum Gasteiger partial charge on any atom is 0.123 e. The van der Waals surface area contributed by atoms with Gasteiger partial charge in [0.1, 0.15) is 11.6 Å². The summed E-state index contributed by atoms with van der Waals surface area (Å²) in [6.07, 6.45) is 0. The number of hydrogen-bond donors (Lipinski definition) is 2. The second-order valence-electron chi connectivity index (χ2n) is 5.65. The van der Waals surface area contributed by atoms with Crippen molar-refractivity contribution in [3.8, 4) is 5.75 Å². The smallest absolute Gasteiger partial charge is 0.123 e. The SMILES string of the molecule is NC1CN(Cc2ccccc2)CC1c1cc(F)ccc1O. The lowest BCUT2D eigenvalue weighted by atomic mass is 9.94. The molecule has 1 fully saturated rings. The lowest BCUT2D eigenvalue weighted by Crippen LogP contribution is -2.28. The van der Waals surface area contributed by atoms with Crippen molar-refractivity contribution in [2.75, 3.05) is 13.1 Å². The molecule has 2 aromatic carbocycles. The summed E-state index contributed by atoms with van der Waals surface area (Å²) < 4.78 is 13.4. The summed E-state index contributed by atoms with van der Waals surface area (Å²) in [6, 6.07) is 14.2. The summed E-state index contributed by atoms with van der Waals surface area (Å²) in [6.45, 7) is 2.30. The molecule has 2 unspecified atom stereocenters. The summed E-state index contributed by atoms with van der Waals surface area (Å²) in [5.41, 5.74) is 8.04. The van der Waals surface area contributed by atoms with Crippen LogP contribution in [0.4, 0.5) is 4.39 Å². The van der Waals surface area contributed by atoms with Crippen LogP contribution in [0.2, 0.25) is 0 Å². The average molecular weight is 286 g/mol. The zero-order chi connectivity index (χ0) is 14.8. The van der Waals surface area contributed by atoms with Crippen LogP contribution in [0.15, 0.2) is 48.5 Å². The number of hydrogen-bond acceptors (Lipinski definition) is 3. The van der Waals surface area contributed by atoms with Gasteiger partial charge in [-0.05, 0) is 23.8 Å². The van der Waals surface area contributed by atoms with Gasteiger partial charge in [0, 0.05) is 37.2 Å². The van der Waals surface area contributed by atoms with Crippen LogP contribution in [-0.2, 0) is 6.54 Å². The number of rotatable bonds is 3. The molecule has 4 heteroatoms. The van der Waals surface area contributed by atoms with Gasteiger partial charge in [-0.15, -0.1) is 0 Å². The third-order valence-electron chi connectivity index (χ3n) is 4.08. The molecule has 0 bridgehead atoms. The molecule has 2 atom stereocenters. The fourth-order valence-corrected chi connectivity index (χ4v) is 3.04. The van der Waals surface area contributed by atoms with Crippen LogP contribution in [0, 0.1) is 5.82 Å². The molecule has 0 aliphatic carbocycles. The molecular weight excluding hydrogens is 267 g/mol. The van der Waals surface area contributed by atoms with Crippen LogP contribution < -0.4 is 5.73 Å². The minimum absolute atomic E-state index is 0.0376. The van der Waals surface area contributed by atoms with Crippen molar-refractivity contribution in [1.82, 2.24) is 4.90 Å². The van der Waals surface area contributed by atoms with E-state index < -0.39 is 0 Å². The number of phenolic OH excluding ortho intramolecular Hbond substituents is 1. The number of nitrogens with two attached hydrogens (primary N) is 1. The van der Waals surface area contributed by atoms with E-state index in [1.165, 1.54) is 23.8 Å². The molecule has 0 radical (unpaired) electrons. The van der Waals surface area contributed by atoms with Crippen LogP contribution in [0.1, 0.15) is 17.0 Å². The Morgan fingerprint density at radius 2 is 1.90 bits per heavy atom. The third kappa shape index (κ3) is 3.06. The summed E-state index contributed by atoms with van der Waals surface area (Å²) in [4.78, 5) is 2.25. The van der Waals surface area contributed by atoms with Gasteiger partial charge in [0.05, 0.1) is 0 Å². The maximum absolute atomic E-state index is 13.4. The number of phenols is 1. The van der Waals surface area contributed by atoms with Crippen LogP contribution >= 0.6 is 0 Å². The first-order chi connectivity index (χ1) is 10.1. The van der Waals surface area contributed by atoms with E-state index in [1.807, 2.05) is 18.2 Å². The largest absolute Gasteiger partial charge is 0.508 e. The predicted octanol–water partition coefficient (Wildman–Crippen LogP) is 2.46. The molecule has 1 saturated heterocycles. The van der Waals surface area contributed by atoms with E-state index in [2.05, 4.69) is 17.0 Å². The van der Waals surface area contributed by atoms with Crippen molar-refractivity contribution in [1.29, 1.82) is 0 Å². The molecule has 1 aliphatic heterocycles. The van der Waals surface area contributed by atoms with Gasteiger partial charge in [0.2, 0.25) is 0 Å². The van der Waals surface area contributed by atoms with E-state index >= 15 is 0 Å². The fourth-order valence-electron chi connectivity index (χ4n) is 3.04. The van der Waals surface area contributed by atoms with Gasteiger partial charge in [-0.3, -0.25) is 4.90 Å². The Morgan fingerprint density at radius 1 is 1.14 bits per heavy atom. The Hall–Kier alpha value is -1.91. The molecule has 3 N–H and O–H groups in total. The molecule has 1 aliphatic rings. The van der Waals surface area contributed by atoms with E-state index in [4.69, 9.17) is 5.73 Å². The first kappa shape index (κ1) is 14.0. The molecule has 0 spiro atoms. The molecular formula is C17H19FN2O. The third-order valence-corrected chi connectivity index (χ3v) is 4.08. The van der Waals surface area contributed by atoms with Gasteiger partial charge >= 0.3 is 0 Å². The summed E-state index contributed by atoms with van der Waals surface area (Å²) in [5.74, 6) is -0.251. The van der Waals surface area contributed by atoms with Crippen LogP contribution in [0.25, 0.3) is 0 Å². The Labute approximate surface area is 123 Å². The van der Waals surface area contributed by atoms with Crippen molar-refractivity contribution in [3.63, 3.8) is 0 Å². The molecule has 3 rings (SSSR count). The van der Waals surface area contributed by atoms with Gasteiger partial charge in [0.25, 0.3) is 0 Å². The minimum atomic E-state index is -0.337. The highest BCUT2D eigenvalue weighted by Gasteiger charge is 2.32. The Balaban J connectivity index is 1.75. The summed E-state index contributed by atoms with van der Waals surface area (Å²) in [5, 5.41) is 9.95. The fraction of sp³-hybridized carbons (Fsp3) is 0.294. The highest BCUT2D eigenvalue weighted by Crippen LogP contribution is 2.33. The Morgan fingerprint density at radius 3 is 2.67 bits per heavy atom. The molecule has 3 nitrogen and oxygen atoms in total. The zero-order valence-corrected chi connectivity index (χ0v) is 11.7. The first-order valence-corrected chi connectivity index (χ1v) is 7.14. The normalized spacial score (nSPS) is 22.6. The van der Waals surface area contributed by atoms with Crippen molar-refractivity contribution in [2.45, 2.75) is 18.5 Å². The maximum atomic E-state index is 13.4. The second-order valence-corrected chi connectivity index (χ2v) is 5.65.